The summed E-state index contributed by atoms with van der Waals surface area (Å²) in [6.45, 7) is 4.29. The molecule has 1 aliphatic carbocycles. The van der Waals surface area contributed by atoms with Crippen molar-refractivity contribution < 1.29 is 14.0 Å². The van der Waals surface area contributed by atoms with E-state index in [1.165, 1.54) is 16.8 Å². The van der Waals surface area contributed by atoms with Crippen molar-refractivity contribution in [3.05, 3.63) is 48.0 Å². The van der Waals surface area contributed by atoms with Gasteiger partial charge in [0.2, 0.25) is 5.91 Å². The normalized spacial score (nSPS) is 18.3. The molecule has 1 fully saturated rings. The molecule has 0 spiro atoms. The Morgan fingerprint density at radius 2 is 1.73 bits per heavy atom. The lowest BCUT2D eigenvalue weighted by atomic mass is 9.69. The number of nitrogens with one attached hydrogen (secondary N) is 1. The number of nitrogens with two attached hydrogens (primary N) is 1. The highest BCUT2D eigenvalue weighted by molar-refractivity contribution is 5.97. The number of nitrogens with zero attached hydrogens (tertiary/aromatic N) is 2. The molecule has 0 aliphatic heterocycles. The van der Waals surface area contributed by atoms with Crippen LogP contribution in [0.3, 0.4) is 0 Å². The van der Waals surface area contributed by atoms with Gasteiger partial charge in [-0.1, -0.05) is 13.8 Å². The van der Waals surface area contributed by atoms with Crippen molar-refractivity contribution >= 4 is 11.8 Å². The van der Waals surface area contributed by atoms with Crippen LogP contribution >= 0.6 is 0 Å². The Labute approximate surface area is 151 Å². The number of primary amides is 1. The Hall–Kier alpha value is -2.70. The second kappa shape index (κ2) is 6.55. The third-order valence-corrected chi connectivity index (χ3v) is 5.19. The molecule has 1 saturated carbocycles. The first-order chi connectivity index (χ1) is 12.2. The summed E-state index contributed by atoms with van der Waals surface area (Å²) in [5.41, 5.74) is 5.52. The van der Waals surface area contributed by atoms with Gasteiger partial charge in [-0.15, -0.1) is 0 Å². The van der Waals surface area contributed by atoms with Crippen LogP contribution in [-0.2, 0) is 4.79 Å². The molecule has 26 heavy (non-hydrogen) atoms. The molecule has 1 aliphatic rings. The van der Waals surface area contributed by atoms with Crippen LogP contribution < -0.4 is 11.1 Å². The first-order valence-electron chi connectivity index (χ1n) is 8.65. The second-order valence-corrected chi connectivity index (χ2v) is 7.69. The van der Waals surface area contributed by atoms with Gasteiger partial charge in [-0.3, -0.25) is 9.59 Å². The lowest BCUT2D eigenvalue weighted by molar-refractivity contribution is -0.126. The molecule has 3 rings (SSSR count). The van der Waals surface area contributed by atoms with Crippen LogP contribution in [0.25, 0.3) is 5.69 Å². The number of benzene rings is 1. The van der Waals surface area contributed by atoms with Crippen LogP contribution in [0.2, 0.25) is 0 Å². The van der Waals surface area contributed by atoms with Crippen LogP contribution in [0.15, 0.2) is 36.5 Å². The fraction of sp³-hybridized carbons (Fsp3) is 0.421. The summed E-state index contributed by atoms with van der Waals surface area (Å²) in [5, 5.41) is 7.04. The van der Waals surface area contributed by atoms with Crippen LogP contribution in [0, 0.1) is 11.2 Å². The van der Waals surface area contributed by atoms with Gasteiger partial charge in [-0.25, -0.2) is 9.07 Å². The number of carbonyl (C=O) groups excluding carboxylic acids is 2. The van der Waals surface area contributed by atoms with E-state index in [-0.39, 0.29) is 16.9 Å². The summed E-state index contributed by atoms with van der Waals surface area (Å²) < 4.78 is 14.5. The van der Waals surface area contributed by atoms with Gasteiger partial charge < -0.3 is 11.1 Å². The van der Waals surface area contributed by atoms with E-state index in [1.54, 1.807) is 24.4 Å². The van der Waals surface area contributed by atoms with Gasteiger partial charge in [-0.2, -0.15) is 5.10 Å². The van der Waals surface area contributed by atoms with Crippen LogP contribution in [0.4, 0.5) is 4.39 Å². The average Bonchev–Trinajstić information content (AvgIpc) is 3.07. The Bertz CT molecular complexity index is 816. The minimum atomic E-state index is -1.04. The number of aromatic nitrogens is 2. The van der Waals surface area contributed by atoms with Crippen molar-refractivity contribution in [2.45, 2.75) is 45.1 Å². The summed E-state index contributed by atoms with van der Waals surface area (Å²) in [5.74, 6) is -1.30. The molecule has 0 atom stereocenters. The molecular weight excluding hydrogens is 335 g/mol. The molecular formula is C19H23FN4O2. The van der Waals surface area contributed by atoms with E-state index < -0.39 is 17.4 Å². The Morgan fingerprint density at radius 3 is 2.31 bits per heavy atom. The van der Waals surface area contributed by atoms with Gasteiger partial charge in [0.25, 0.3) is 5.91 Å². The maximum Gasteiger partial charge on any atom is 0.272 e. The zero-order valence-electron chi connectivity index (χ0n) is 15.0. The number of hydrogen-bond acceptors (Lipinski definition) is 3. The number of hydrogen-bond donors (Lipinski definition) is 2. The summed E-state index contributed by atoms with van der Waals surface area (Å²) in [4.78, 5) is 24.7. The molecule has 2 aromatic rings. The van der Waals surface area contributed by atoms with E-state index in [9.17, 15) is 14.0 Å². The predicted octanol–water partition coefficient (Wildman–Crippen LogP) is 2.57. The minimum Gasteiger partial charge on any atom is -0.368 e. The standard InChI is InChI=1S/C19H23FN4O2/c1-18(2)8-10-19(11-9-18,17(21)26)22-16(25)15-7-12-24(23-15)14-5-3-13(20)4-6-14/h3-7,12H,8-11H2,1-2H3,(H2,21,26)(H,22,25). The van der Waals surface area contributed by atoms with Crippen molar-refractivity contribution in [2.24, 2.45) is 11.1 Å². The zero-order chi connectivity index (χ0) is 18.9. The topological polar surface area (TPSA) is 90.0 Å². The largest absolute Gasteiger partial charge is 0.368 e. The van der Waals surface area contributed by atoms with Gasteiger partial charge in [0, 0.05) is 6.20 Å². The molecule has 138 valence electrons. The van der Waals surface area contributed by atoms with E-state index in [4.69, 9.17) is 5.73 Å². The summed E-state index contributed by atoms with van der Waals surface area (Å²) in [6.07, 6.45) is 4.25. The van der Waals surface area contributed by atoms with E-state index in [0.29, 0.717) is 18.5 Å². The van der Waals surface area contributed by atoms with Gasteiger partial charge in [-0.05, 0) is 61.4 Å². The Kier molecular flexibility index (Phi) is 4.56. The number of carbonyl (C=O) groups is 2. The monoisotopic (exact) mass is 358 g/mol. The molecule has 0 saturated heterocycles. The SMILES string of the molecule is CC1(C)CCC(NC(=O)c2ccn(-c3ccc(F)cc3)n2)(C(N)=O)CC1. The third kappa shape index (κ3) is 3.61. The summed E-state index contributed by atoms with van der Waals surface area (Å²) >= 11 is 0. The van der Waals surface area contributed by atoms with Crippen LogP contribution in [-0.4, -0.2) is 27.1 Å². The molecule has 1 aromatic carbocycles. The third-order valence-electron chi connectivity index (χ3n) is 5.19. The highest BCUT2D eigenvalue weighted by atomic mass is 19.1. The molecule has 7 heteroatoms. The predicted molar refractivity (Wildman–Crippen MR) is 95.2 cm³/mol. The molecule has 1 heterocycles. The summed E-state index contributed by atoms with van der Waals surface area (Å²) in [6, 6.07) is 7.33. The fourth-order valence-electron chi connectivity index (χ4n) is 3.25. The van der Waals surface area contributed by atoms with Crippen molar-refractivity contribution in [3.8, 4) is 5.69 Å². The Morgan fingerprint density at radius 1 is 1.12 bits per heavy atom. The minimum absolute atomic E-state index is 0.133. The molecule has 1 aromatic heterocycles. The lowest BCUT2D eigenvalue weighted by Gasteiger charge is -2.41. The molecule has 0 bridgehead atoms. The first kappa shape index (κ1) is 18.1. The van der Waals surface area contributed by atoms with Gasteiger partial charge in [0.15, 0.2) is 5.69 Å². The lowest BCUT2D eigenvalue weighted by Crippen LogP contribution is -2.59. The molecule has 6 nitrogen and oxygen atoms in total. The molecule has 0 unspecified atom stereocenters. The highest BCUT2D eigenvalue weighted by Gasteiger charge is 2.44. The van der Waals surface area contributed by atoms with E-state index in [1.807, 2.05) is 0 Å². The maximum atomic E-state index is 13.0. The Balaban J connectivity index is 1.77. The van der Waals surface area contributed by atoms with E-state index in [2.05, 4.69) is 24.3 Å². The highest BCUT2D eigenvalue weighted by Crippen LogP contribution is 2.40. The van der Waals surface area contributed by atoms with Crippen molar-refractivity contribution in [1.82, 2.24) is 15.1 Å². The van der Waals surface area contributed by atoms with E-state index >= 15 is 0 Å². The van der Waals surface area contributed by atoms with Crippen LogP contribution in [0.1, 0.15) is 50.0 Å². The van der Waals surface area contributed by atoms with Crippen LogP contribution in [0.5, 0.6) is 0 Å². The smallest absolute Gasteiger partial charge is 0.272 e. The number of halogens is 1. The molecule has 2 amide bonds. The molecule has 3 N–H and O–H groups in total. The maximum absolute atomic E-state index is 13.0. The van der Waals surface area contributed by atoms with Gasteiger partial charge in [0.05, 0.1) is 5.69 Å². The van der Waals surface area contributed by atoms with Crippen molar-refractivity contribution in [1.29, 1.82) is 0 Å². The fourth-order valence-corrected chi connectivity index (χ4v) is 3.25. The molecule has 0 radical (unpaired) electrons. The second-order valence-electron chi connectivity index (χ2n) is 7.69. The zero-order valence-corrected chi connectivity index (χ0v) is 15.0. The van der Waals surface area contributed by atoms with Gasteiger partial charge in [0.1, 0.15) is 11.4 Å². The number of amides is 2. The van der Waals surface area contributed by atoms with Gasteiger partial charge >= 0.3 is 0 Å². The number of rotatable bonds is 4. The van der Waals surface area contributed by atoms with Crippen molar-refractivity contribution in [3.63, 3.8) is 0 Å². The quantitative estimate of drug-likeness (QED) is 0.880. The summed E-state index contributed by atoms with van der Waals surface area (Å²) in [7, 11) is 0. The first-order valence-corrected chi connectivity index (χ1v) is 8.65. The van der Waals surface area contributed by atoms with E-state index in [0.717, 1.165) is 12.8 Å². The van der Waals surface area contributed by atoms with Crippen molar-refractivity contribution in [2.75, 3.05) is 0 Å². The average molecular weight is 358 g/mol.